The maximum Gasteiger partial charge on any atom is 0.134 e. The second-order valence-electron chi connectivity index (χ2n) is 4.05. The molecule has 1 atom stereocenters. The Labute approximate surface area is 104 Å². The van der Waals surface area contributed by atoms with Gasteiger partial charge in [0.15, 0.2) is 0 Å². The molecule has 0 unspecified atom stereocenters. The highest BCUT2D eigenvalue weighted by molar-refractivity contribution is 9.10. The molecule has 1 aliphatic heterocycles. The van der Waals surface area contributed by atoms with Gasteiger partial charge < -0.3 is 15.2 Å². The quantitative estimate of drug-likeness (QED) is 0.878. The van der Waals surface area contributed by atoms with Gasteiger partial charge in [-0.15, -0.1) is 0 Å². The van der Waals surface area contributed by atoms with Crippen LogP contribution < -0.4 is 10.1 Å². The number of ether oxygens (including phenoxy) is 1. The van der Waals surface area contributed by atoms with Gasteiger partial charge in [0.1, 0.15) is 11.5 Å². The summed E-state index contributed by atoms with van der Waals surface area (Å²) in [6.45, 7) is 1.01. The summed E-state index contributed by atoms with van der Waals surface area (Å²) in [5, 5.41) is 13.4. The Morgan fingerprint density at radius 3 is 2.88 bits per heavy atom. The topological polar surface area (TPSA) is 41.5 Å². The van der Waals surface area contributed by atoms with E-state index in [1.807, 2.05) is 6.07 Å². The highest BCUT2D eigenvalue weighted by Gasteiger charge is 2.20. The summed E-state index contributed by atoms with van der Waals surface area (Å²) in [6, 6.07) is 3.92. The first kappa shape index (κ1) is 11.7. The van der Waals surface area contributed by atoms with Crippen LogP contribution in [0.25, 0.3) is 0 Å². The van der Waals surface area contributed by atoms with Gasteiger partial charge in [-0.1, -0.05) is 6.42 Å². The van der Waals surface area contributed by atoms with Crippen LogP contribution in [0.1, 0.15) is 30.9 Å². The zero-order valence-corrected chi connectivity index (χ0v) is 10.9. The summed E-state index contributed by atoms with van der Waals surface area (Å²) >= 11 is 3.35. The third-order valence-electron chi connectivity index (χ3n) is 2.99. The molecule has 1 fully saturated rings. The lowest BCUT2D eigenvalue weighted by atomic mass is 9.96. The normalized spacial score (nSPS) is 20.8. The number of hydrogen-bond donors (Lipinski definition) is 2. The molecule has 3 nitrogen and oxygen atoms in total. The fourth-order valence-corrected chi connectivity index (χ4v) is 2.55. The molecule has 1 aromatic rings. The van der Waals surface area contributed by atoms with E-state index in [4.69, 9.17) is 4.74 Å². The molecular formula is C12H16BrNO2. The number of benzene rings is 1. The minimum absolute atomic E-state index is 0.236. The lowest BCUT2D eigenvalue weighted by Gasteiger charge is -2.25. The molecule has 1 aromatic carbocycles. The standard InChI is InChI=1S/C12H16BrNO2/c1-16-8-6-9(12(15)10(13)7-8)11-4-2-3-5-14-11/h6-7,11,14-15H,2-5H2,1H3/t11-/m0/s1. The van der Waals surface area contributed by atoms with Crippen molar-refractivity contribution in [2.24, 2.45) is 0 Å². The Bertz CT molecular complexity index is 376. The minimum atomic E-state index is 0.236. The molecule has 1 aliphatic rings. The Morgan fingerprint density at radius 2 is 2.25 bits per heavy atom. The van der Waals surface area contributed by atoms with E-state index in [-0.39, 0.29) is 6.04 Å². The monoisotopic (exact) mass is 285 g/mol. The number of phenolic OH excluding ortho intramolecular Hbond substituents is 1. The second kappa shape index (κ2) is 5.06. The molecule has 4 heteroatoms. The van der Waals surface area contributed by atoms with Crippen molar-refractivity contribution in [3.63, 3.8) is 0 Å². The first-order valence-corrected chi connectivity index (χ1v) is 6.31. The summed E-state index contributed by atoms with van der Waals surface area (Å²) in [5.41, 5.74) is 0.922. The van der Waals surface area contributed by atoms with Gasteiger partial charge in [-0.25, -0.2) is 0 Å². The zero-order chi connectivity index (χ0) is 11.5. The van der Waals surface area contributed by atoms with Crippen molar-refractivity contribution < 1.29 is 9.84 Å². The van der Waals surface area contributed by atoms with Crippen LogP contribution in [0.2, 0.25) is 0 Å². The number of hydrogen-bond acceptors (Lipinski definition) is 3. The molecular weight excluding hydrogens is 270 g/mol. The van der Waals surface area contributed by atoms with E-state index in [1.165, 1.54) is 12.8 Å². The zero-order valence-electron chi connectivity index (χ0n) is 9.29. The van der Waals surface area contributed by atoms with Crippen molar-refractivity contribution in [3.8, 4) is 11.5 Å². The van der Waals surface area contributed by atoms with Gasteiger partial charge in [-0.3, -0.25) is 0 Å². The van der Waals surface area contributed by atoms with Crippen molar-refractivity contribution >= 4 is 15.9 Å². The molecule has 1 saturated heterocycles. The van der Waals surface area contributed by atoms with E-state index >= 15 is 0 Å². The van der Waals surface area contributed by atoms with Gasteiger partial charge in [0.05, 0.1) is 11.6 Å². The average Bonchev–Trinajstić information content (AvgIpc) is 2.33. The van der Waals surface area contributed by atoms with E-state index in [9.17, 15) is 5.11 Å². The highest BCUT2D eigenvalue weighted by Crippen LogP contribution is 2.38. The van der Waals surface area contributed by atoms with Crippen molar-refractivity contribution in [1.82, 2.24) is 5.32 Å². The van der Waals surface area contributed by atoms with E-state index in [1.54, 1.807) is 13.2 Å². The van der Waals surface area contributed by atoms with Gasteiger partial charge in [0.2, 0.25) is 0 Å². The molecule has 0 radical (unpaired) electrons. The highest BCUT2D eigenvalue weighted by atomic mass is 79.9. The van der Waals surface area contributed by atoms with Crippen molar-refractivity contribution in [2.75, 3.05) is 13.7 Å². The maximum absolute atomic E-state index is 10.0. The van der Waals surface area contributed by atoms with Crippen molar-refractivity contribution in [3.05, 3.63) is 22.2 Å². The van der Waals surface area contributed by atoms with Crippen LogP contribution in [0.15, 0.2) is 16.6 Å². The molecule has 0 spiro atoms. The molecule has 2 rings (SSSR count). The molecule has 1 heterocycles. The largest absolute Gasteiger partial charge is 0.506 e. The predicted molar refractivity (Wildman–Crippen MR) is 67.0 cm³/mol. The Kier molecular flexibility index (Phi) is 3.71. The number of piperidine rings is 1. The maximum atomic E-state index is 10.0. The third-order valence-corrected chi connectivity index (χ3v) is 3.59. The summed E-state index contributed by atoms with van der Waals surface area (Å²) in [4.78, 5) is 0. The van der Waals surface area contributed by atoms with Gasteiger partial charge in [0, 0.05) is 11.6 Å². The first-order chi connectivity index (χ1) is 7.72. The van der Waals surface area contributed by atoms with E-state index in [0.29, 0.717) is 10.2 Å². The number of nitrogens with one attached hydrogen (secondary N) is 1. The molecule has 0 amide bonds. The van der Waals surface area contributed by atoms with Crippen molar-refractivity contribution in [2.45, 2.75) is 25.3 Å². The minimum Gasteiger partial charge on any atom is -0.506 e. The average molecular weight is 286 g/mol. The van der Waals surface area contributed by atoms with E-state index < -0.39 is 0 Å². The van der Waals surface area contributed by atoms with Gasteiger partial charge >= 0.3 is 0 Å². The fraction of sp³-hybridized carbons (Fsp3) is 0.500. The number of phenols is 1. The number of rotatable bonds is 2. The predicted octanol–water partition coefficient (Wildman–Crippen LogP) is 2.98. The van der Waals surface area contributed by atoms with Gasteiger partial charge in [0.25, 0.3) is 0 Å². The molecule has 0 saturated carbocycles. The van der Waals surface area contributed by atoms with Crippen LogP contribution in [0, 0.1) is 0 Å². The molecule has 16 heavy (non-hydrogen) atoms. The molecule has 2 N–H and O–H groups in total. The SMILES string of the molecule is COc1cc(Br)c(O)c([C@@H]2CCCCN2)c1. The summed E-state index contributed by atoms with van der Waals surface area (Å²) in [6.07, 6.45) is 3.47. The Balaban J connectivity index is 2.33. The lowest BCUT2D eigenvalue weighted by molar-refractivity contribution is 0.381. The van der Waals surface area contributed by atoms with E-state index in [2.05, 4.69) is 21.2 Å². The Morgan fingerprint density at radius 1 is 1.44 bits per heavy atom. The van der Waals surface area contributed by atoms with Crippen LogP contribution >= 0.6 is 15.9 Å². The first-order valence-electron chi connectivity index (χ1n) is 5.52. The summed E-state index contributed by atoms with van der Waals surface area (Å²) in [5.74, 6) is 1.09. The number of halogens is 1. The molecule has 0 bridgehead atoms. The lowest BCUT2D eigenvalue weighted by Crippen LogP contribution is -2.26. The second-order valence-corrected chi connectivity index (χ2v) is 4.90. The molecule has 0 aliphatic carbocycles. The van der Waals surface area contributed by atoms with Gasteiger partial charge in [-0.2, -0.15) is 0 Å². The summed E-state index contributed by atoms with van der Waals surface area (Å²) < 4.78 is 5.90. The van der Waals surface area contributed by atoms with Crippen molar-refractivity contribution in [1.29, 1.82) is 0 Å². The van der Waals surface area contributed by atoms with Crippen LogP contribution in [0.5, 0.6) is 11.5 Å². The Hall–Kier alpha value is -0.740. The molecule has 88 valence electrons. The smallest absolute Gasteiger partial charge is 0.134 e. The van der Waals surface area contributed by atoms with Gasteiger partial charge in [-0.05, 0) is 47.4 Å². The van der Waals surface area contributed by atoms with Crippen LogP contribution in [0.4, 0.5) is 0 Å². The van der Waals surface area contributed by atoms with E-state index in [0.717, 1.165) is 24.3 Å². The van der Waals surface area contributed by atoms with Crippen LogP contribution in [-0.2, 0) is 0 Å². The third kappa shape index (κ3) is 2.33. The number of aromatic hydroxyl groups is 1. The fourth-order valence-electron chi connectivity index (χ4n) is 2.10. The van der Waals surface area contributed by atoms with Crippen LogP contribution in [0.3, 0.4) is 0 Å². The summed E-state index contributed by atoms with van der Waals surface area (Å²) in [7, 11) is 1.64. The van der Waals surface area contributed by atoms with Crippen LogP contribution in [-0.4, -0.2) is 18.8 Å². The number of methoxy groups -OCH3 is 1. The molecule has 0 aromatic heterocycles.